The molecule has 3 nitrogen and oxygen atoms in total. The van der Waals surface area contributed by atoms with Crippen molar-refractivity contribution < 1.29 is 9.90 Å². The number of benzene rings is 1. The predicted octanol–water partition coefficient (Wildman–Crippen LogP) is 2.67. The summed E-state index contributed by atoms with van der Waals surface area (Å²) in [7, 11) is 0. The molecule has 0 bridgehead atoms. The Morgan fingerprint density at radius 3 is 2.53 bits per heavy atom. The van der Waals surface area contributed by atoms with Gasteiger partial charge in [-0.3, -0.25) is 4.79 Å². The highest BCUT2D eigenvalue weighted by molar-refractivity contribution is 5.96. The standard InChI is InChI=1S/C16H21NO2/c18-11-16(8-3-9-16)15(19)17-14-7-6-12-4-1-2-5-13(12)10-14/h6-7,10,18H,1-5,8-9,11H2,(H,17,19). The zero-order valence-corrected chi connectivity index (χ0v) is 11.2. The molecule has 102 valence electrons. The number of nitrogens with one attached hydrogen (secondary N) is 1. The molecule has 2 aliphatic rings. The summed E-state index contributed by atoms with van der Waals surface area (Å²) in [5.41, 5.74) is 3.15. The van der Waals surface area contributed by atoms with Gasteiger partial charge in [-0.25, -0.2) is 0 Å². The number of aryl methyl sites for hydroxylation is 2. The van der Waals surface area contributed by atoms with E-state index in [4.69, 9.17) is 0 Å². The maximum absolute atomic E-state index is 12.2. The van der Waals surface area contributed by atoms with Crippen molar-refractivity contribution in [1.82, 2.24) is 0 Å². The molecule has 0 aromatic heterocycles. The Kier molecular flexibility index (Phi) is 3.31. The van der Waals surface area contributed by atoms with Gasteiger partial charge in [0.05, 0.1) is 12.0 Å². The fraction of sp³-hybridized carbons (Fsp3) is 0.562. The number of carbonyl (C=O) groups excluding carboxylic acids is 1. The van der Waals surface area contributed by atoms with Gasteiger partial charge in [0.2, 0.25) is 5.91 Å². The van der Waals surface area contributed by atoms with E-state index in [1.807, 2.05) is 6.07 Å². The van der Waals surface area contributed by atoms with E-state index in [0.717, 1.165) is 37.8 Å². The van der Waals surface area contributed by atoms with E-state index in [0.29, 0.717) is 0 Å². The molecule has 0 spiro atoms. The first-order valence-electron chi connectivity index (χ1n) is 7.28. The summed E-state index contributed by atoms with van der Waals surface area (Å²) in [5, 5.41) is 12.4. The van der Waals surface area contributed by atoms with Gasteiger partial charge >= 0.3 is 0 Å². The molecule has 3 heteroatoms. The van der Waals surface area contributed by atoms with E-state index in [-0.39, 0.29) is 12.5 Å². The minimum absolute atomic E-state index is 0.0167. The minimum Gasteiger partial charge on any atom is -0.395 e. The molecule has 0 atom stereocenters. The smallest absolute Gasteiger partial charge is 0.232 e. The van der Waals surface area contributed by atoms with Crippen LogP contribution in [0.3, 0.4) is 0 Å². The summed E-state index contributed by atoms with van der Waals surface area (Å²) in [6, 6.07) is 6.23. The SMILES string of the molecule is O=C(Nc1ccc2c(c1)CCCC2)C1(CO)CCC1. The van der Waals surface area contributed by atoms with Gasteiger partial charge in [0.1, 0.15) is 0 Å². The number of carbonyl (C=O) groups is 1. The molecule has 0 heterocycles. The topological polar surface area (TPSA) is 49.3 Å². The lowest BCUT2D eigenvalue weighted by Crippen LogP contribution is -2.44. The first-order chi connectivity index (χ1) is 9.23. The molecule has 0 saturated heterocycles. The molecule has 1 saturated carbocycles. The Hall–Kier alpha value is -1.35. The maximum atomic E-state index is 12.2. The highest BCUT2D eigenvalue weighted by Gasteiger charge is 2.43. The third-order valence-corrected chi connectivity index (χ3v) is 4.70. The Bertz CT molecular complexity index is 486. The van der Waals surface area contributed by atoms with Crippen LogP contribution < -0.4 is 5.32 Å². The molecule has 2 N–H and O–H groups in total. The molecule has 0 aliphatic heterocycles. The van der Waals surface area contributed by atoms with Crippen LogP contribution in [0.15, 0.2) is 18.2 Å². The van der Waals surface area contributed by atoms with Crippen LogP contribution in [0.5, 0.6) is 0 Å². The number of anilines is 1. The molecule has 3 rings (SSSR count). The second-order valence-corrected chi connectivity index (χ2v) is 5.94. The Morgan fingerprint density at radius 2 is 1.89 bits per heavy atom. The molecule has 1 fully saturated rings. The van der Waals surface area contributed by atoms with Crippen molar-refractivity contribution in [3.8, 4) is 0 Å². The quantitative estimate of drug-likeness (QED) is 0.876. The summed E-state index contributed by atoms with van der Waals surface area (Å²) in [6.45, 7) is -0.0379. The number of fused-ring (bicyclic) bond motifs is 1. The average molecular weight is 259 g/mol. The van der Waals surface area contributed by atoms with Gasteiger partial charge in [0, 0.05) is 5.69 Å². The highest BCUT2D eigenvalue weighted by atomic mass is 16.3. The predicted molar refractivity (Wildman–Crippen MR) is 75.1 cm³/mol. The number of hydrogen-bond acceptors (Lipinski definition) is 2. The van der Waals surface area contributed by atoms with Crippen molar-refractivity contribution in [3.63, 3.8) is 0 Å². The normalized spacial score (nSPS) is 20.3. The molecular formula is C16H21NO2. The van der Waals surface area contributed by atoms with Crippen LogP contribution in [-0.2, 0) is 17.6 Å². The van der Waals surface area contributed by atoms with E-state index in [1.165, 1.54) is 24.0 Å². The van der Waals surface area contributed by atoms with Crippen LogP contribution in [0.1, 0.15) is 43.2 Å². The average Bonchev–Trinajstić information content (AvgIpc) is 2.38. The largest absolute Gasteiger partial charge is 0.395 e. The van der Waals surface area contributed by atoms with Gasteiger partial charge in [-0.1, -0.05) is 12.5 Å². The molecule has 1 aromatic rings. The second kappa shape index (κ2) is 4.97. The van der Waals surface area contributed by atoms with E-state index >= 15 is 0 Å². The first-order valence-corrected chi connectivity index (χ1v) is 7.28. The third kappa shape index (κ3) is 2.27. The van der Waals surface area contributed by atoms with Crippen molar-refractivity contribution in [3.05, 3.63) is 29.3 Å². The number of aliphatic hydroxyl groups is 1. The van der Waals surface area contributed by atoms with Crippen molar-refractivity contribution in [2.45, 2.75) is 44.9 Å². The monoisotopic (exact) mass is 259 g/mol. The molecule has 19 heavy (non-hydrogen) atoms. The van der Waals surface area contributed by atoms with E-state index in [9.17, 15) is 9.90 Å². The summed E-state index contributed by atoms with van der Waals surface area (Å²) in [5.74, 6) is -0.0167. The lowest BCUT2D eigenvalue weighted by Gasteiger charge is -2.38. The summed E-state index contributed by atoms with van der Waals surface area (Å²) < 4.78 is 0. The van der Waals surface area contributed by atoms with E-state index in [1.54, 1.807) is 0 Å². The molecule has 1 aromatic carbocycles. The van der Waals surface area contributed by atoms with E-state index < -0.39 is 5.41 Å². The van der Waals surface area contributed by atoms with Gasteiger partial charge in [-0.05, 0) is 61.8 Å². The van der Waals surface area contributed by atoms with Crippen molar-refractivity contribution in [1.29, 1.82) is 0 Å². The van der Waals surface area contributed by atoms with Gasteiger partial charge in [0.25, 0.3) is 0 Å². The van der Waals surface area contributed by atoms with Gasteiger partial charge in [-0.15, -0.1) is 0 Å². The molecule has 2 aliphatic carbocycles. The Balaban J connectivity index is 1.74. The molecule has 0 radical (unpaired) electrons. The zero-order chi connectivity index (χ0) is 13.3. The number of hydrogen-bond donors (Lipinski definition) is 2. The van der Waals surface area contributed by atoms with Crippen LogP contribution in [0.4, 0.5) is 5.69 Å². The van der Waals surface area contributed by atoms with Crippen molar-refractivity contribution in [2.24, 2.45) is 5.41 Å². The number of amides is 1. The minimum atomic E-state index is -0.518. The number of aliphatic hydroxyl groups excluding tert-OH is 1. The summed E-state index contributed by atoms with van der Waals surface area (Å²) in [6.07, 6.45) is 7.43. The molecular weight excluding hydrogens is 238 g/mol. The van der Waals surface area contributed by atoms with Crippen molar-refractivity contribution >= 4 is 11.6 Å². The number of rotatable bonds is 3. The fourth-order valence-corrected chi connectivity index (χ4v) is 3.14. The first kappa shape index (κ1) is 12.7. The van der Waals surface area contributed by atoms with Gasteiger partial charge in [0.15, 0.2) is 0 Å². The summed E-state index contributed by atoms with van der Waals surface area (Å²) >= 11 is 0. The van der Waals surface area contributed by atoms with Crippen LogP contribution in [0.25, 0.3) is 0 Å². The molecule has 0 unspecified atom stereocenters. The Labute approximate surface area is 114 Å². The van der Waals surface area contributed by atoms with Gasteiger partial charge < -0.3 is 10.4 Å². The summed E-state index contributed by atoms with van der Waals surface area (Å²) in [4.78, 5) is 12.2. The molecule has 1 amide bonds. The van der Waals surface area contributed by atoms with Crippen LogP contribution >= 0.6 is 0 Å². The fourth-order valence-electron chi connectivity index (χ4n) is 3.14. The van der Waals surface area contributed by atoms with Crippen LogP contribution in [0.2, 0.25) is 0 Å². The Morgan fingerprint density at radius 1 is 1.16 bits per heavy atom. The lowest BCUT2D eigenvalue weighted by atomic mass is 9.68. The highest BCUT2D eigenvalue weighted by Crippen LogP contribution is 2.41. The third-order valence-electron chi connectivity index (χ3n) is 4.70. The maximum Gasteiger partial charge on any atom is 0.232 e. The van der Waals surface area contributed by atoms with E-state index in [2.05, 4.69) is 17.4 Å². The van der Waals surface area contributed by atoms with Gasteiger partial charge in [-0.2, -0.15) is 0 Å². The second-order valence-electron chi connectivity index (χ2n) is 5.94. The zero-order valence-electron chi connectivity index (χ0n) is 11.2. The van der Waals surface area contributed by atoms with Crippen LogP contribution in [0, 0.1) is 5.41 Å². The van der Waals surface area contributed by atoms with Crippen LogP contribution in [-0.4, -0.2) is 17.6 Å². The van der Waals surface area contributed by atoms with Crippen molar-refractivity contribution in [2.75, 3.05) is 11.9 Å². The lowest BCUT2D eigenvalue weighted by molar-refractivity contribution is -0.133.